The summed E-state index contributed by atoms with van der Waals surface area (Å²) in [4.78, 5) is 0. The van der Waals surface area contributed by atoms with Crippen LogP contribution in [-0.2, 0) is 4.52 Å². The maximum atomic E-state index is 5.90. The first kappa shape index (κ1) is 9.68. The maximum absolute atomic E-state index is 5.90. The highest BCUT2D eigenvalue weighted by molar-refractivity contribution is 7.81. The summed E-state index contributed by atoms with van der Waals surface area (Å²) in [6.45, 7) is 8.93. The predicted molar refractivity (Wildman–Crippen MR) is 44.2 cm³/mol. The van der Waals surface area contributed by atoms with E-state index in [0.717, 1.165) is 0 Å². The van der Waals surface area contributed by atoms with Gasteiger partial charge in [0.25, 0.3) is 0 Å². The van der Waals surface area contributed by atoms with Crippen LogP contribution in [0.1, 0.15) is 27.7 Å². The molecule has 0 rings (SSSR count). The molecule has 0 spiro atoms. The average molecular weight is 169 g/mol. The van der Waals surface area contributed by atoms with Crippen molar-refractivity contribution in [3.05, 3.63) is 0 Å². The topological polar surface area (TPSA) is 9.23 Å². The Labute approximate surface area is 63.4 Å². The fourth-order valence-electron chi connectivity index (χ4n) is 0.307. The van der Waals surface area contributed by atoms with Crippen LogP contribution in [-0.4, -0.2) is 11.8 Å². The Hall–Kier alpha value is 0.680. The molecule has 0 aromatic rings. The van der Waals surface area contributed by atoms with Crippen LogP contribution in [0.2, 0.25) is 0 Å². The van der Waals surface area contributed by atoms with Crippen molar-refractivity contribution in [2.45, 2.75) is 32.9 Å². The molecular weight excluding hydrogens is 154 g/mol. The van der Waals surface area contributed by atoms with Crippen molar-refractivity contribution in [3.8, 4) is 0 Å². The van der Waals surface area contributed by atoms with E-state index in [1.54, 1.807) is 0 Å². The fourth-order valence-corrected chi connectivity index (χ4v) is 1.21. The fraction of sp³-hybridized carbons (Fsp3) is 1.00. The molecule has 0 amide bonds. The predicted octanol–water partition coefficient (Wildman–Crippen LogP) is 3.37. The van der Waals surface area contributed by atoms with E-state index in [0.29, 0.717) is 6.61 Å². The molecule has 0 N–H and O–H groups in total. The number of rotatable bonds is 2. The van der Waals surface area contributed by atoms with Crippen LogP contribution in [0.15, 0.2) is 0 Å². The van der Waals surface area contributed by atoms with Crippen molar-refractivity contribution in [1.29, 1.82) is 0 Å². The molecule has 3 heteroatoms. The minimum atomic E-state index is -0.749. The van der Waals surface area contributed by atoms with Gasteiger partial charge in [-0.05, 0) is 6.92 Å². The zero-order valence-corrected chi connectivity index (χ0v) is 8.09. The summed E-state index contributed by atoms with van der Waals surface area (Å²) in [7, 11) is -0.749. The molecule has 0 fully saturated rings. The Balaban J connectivity index is 3.59. The van der Waals surface area contributed by atoms with Gasteiger partial charge < -0.3 is 4.52 Å². The lowest BCUT2D eigenvalue weighted by Crippen LogP contribution is -2.09. The molecule has 9 heavy (non-hydrogen) atoms. The van der Waals surface area contributed by atoms with Gasteiger partial charge in [0.2, 0.25) is 0 Å². The normalized spacial score (nSPS) is 15.7. The van der Waals surface area contributed by atoms with Crippen LogP contribution >= 0.6 is 18.7 Å². The van der Waals surface area contributed by atoms with E-state index in [1.165, 1.54) is 0 Å². The molecule has 0 saturated carbocycles. The highest BCUT2D eigenvalue weighted by Gasteiger charge is 2.22. The number of hydrogen-bond acceptors (Lipinski definition) is 1. The van der Waals surface area contributed by atoms with Gasteiger partial charge >= 0.3 is 0 Å². The standard InChI is InChI=1S/C6H14ClOP/c1-5-8-9(7)6(2,3)4/h5H2,1-4H3. The second-order valence-electron chi connectivity index (χ2n) is 2.83. The van der Waals surface area contributed by atoms with E-state index in [1.807, 2.05) is 6.92 Å². The minimum absolute atomic E-state index is 0.118. The quantitative estimate of drug-likeness (QED) is 0.575. The molecule has 1 unspecified atom stereocenters. The highest BCUT2D eigenvalue weighted by Crippen LogP contribution is 2.54. The van der Waals surface area contributed by atoms with Crippen LogP contribution < -0.4 is 0 Å². The smallest absolute Gasteiger partial charge is 0.129 e. The van der Waals surface area contributed by atoms with Gasteiger partial charge in [0.1, 0.15) is 7.50 Å². The van der Waals surface area contributed by atoms with Crippen molar-refractivity contribution in [2.24, 2.45) is 0 Å². The number of hydrogen-bond donors (Lipinski definition) is 0. The summed E-state index contributed by atoms with van der Waals surface area (Å²) < 4.78 is 5.24. The zero-order chi connectivity index (χ0) is 7.49. The molecule has 0 aliphatic heterocycles. The van der Waals surface area contributed by atoms with E-state index in [-0.39, 0.29) is 5.16 Å². The van der Waals surface area contributed by atoms with Crippen LogP contribution in [0.25, 0.3) is 0 Å². The van der Waals surface area contributed by atoms with Gasteiger partial charge in [-0.2, -0.15) is 0 Å². The molecular formula is C6H14ClOP. The van der Waals surface area contributed by atoms with Gasteiger partial charge in [-0.25, -0.2) is 0 Å². The SMILES string of the molecule is CCOP(Cl)C(C)(C)C. The second kappa shape index (κ2) is 3.75. The third-order valence-corrected chi connectivity index (χ3v) is 4.12. The Morgan fingerprint density at radius 1 is 1.44 bits per heavy atom. The lowest BCUT2D eigenvalue weighted by atomic mass is 10.3. The first-order valence-corrected chi connectivity index (χ1v) is 5.24. The molecule has 0 aliphatic carbocycles. The summed E-state index contributed by atoms with van der Waals surface area (Å²) in [6, 6.07) is 0. The van der Waals surface area contributed by atoms with Crippen molar-refractivity contribution in [2.75, 3.05) is 6.61 Å². The van der Waals surface area contributed by atoms with E-state index >= 15 is 0 Å². The van der Waals surface area contributed by atoms with Crippen molar-refractivity contribution < 1.29 is 4.52 Å². The summed E-state index contributed by atoms with van der Waals surface area (Å²) in [5, 5.41) is 0.118. The Morgan fingerprint density at radius 2 is 1.89 bits per heavy atom. The maximum Gasteiger partial charge on any atom is 0.129 e. The molecule has 0 heterocycles. The van der Waals surface area contributed by atoms with Crippen molar-refractivity contribution >= 4 is 18.7 Å². The van der Waals surface area contributed by atoms with Gasteiger partial charge in [-0.1, -0.05) is 32.0 Å². The molecule has 0 bridgehead atoms. The monoisotopic (exact) mass is 168 g/mol. The Bertz CT molecular complexity index is 79.6. The summed E-state index contributed by atoms with van der Waals surface area (Å²) in [5.74, 6) is 0. The third-order valence-electron chi connectivity index (χ3n) is 0.770. The summed E-state index contributed by atoms with van der Waals surface area (Å²) >= 11 is 5.90. The lowest BCUT2D eigenvalue weighted by Gasteiger charge is -2.23. The highest BCUT2D eigenvalue weighted by atomic mass is 35.7. The Kier molecular flexibility index (Phi) is 4.04. The van der Waals surface area contributed by atoms with E-state index in [4.69, 9.17) is 15.8 Å². The average Bonchev–Trinajstić information content (AvgIpc) is 1.64. The van der Waals surface area contributed by atoms with Gasteiger partial charge in [0, 0.05) is 11.8 Å². The molecule has 56 valence electrons. The summed E-state index contributed by atoms with van der Waals surface area (Å²) in [6.07, 6.45) is 0. The zero-order valence-electron chi connectivity index (χ0n) is 6.44. The largest absolute Gasteiger partial charge is 0.343 e. The van der Waals surface area contributed by atoms with Gasteiger partial charge in [-0.15, -0.1) is 0 Å². The summed E-state index contributed by atoms with van der Waals surface area (Å²) in [5.41, 5.74) is 0. The van der Waals surface area contributed by atoms with Gasteiger partial charge in [0.15, 0.2) is 0 Å². The molecule has 1 atom stereocenters. The lowest BCUT2D eigenvalue weighted by molar-refractivity contribution is 0.374. The molecule has 1 nitrogen and oxygen atoms in total. The van der Waals surface area contributed by atoms with E-state index in [9.17, 15) is 0 Å². The molecule has 0 saturated heterocycles. The third kappa shape index (κ3) is 4.13. The first-order valence-electron chi connectivity index (χ1n) is 3.07. The van der Waals surface area contributed by atoms with Gasteiger partial charge in [-0.3, -0.25) is 0 Å². The molecule has 0 aromatic heterocycles. The Morgan fingerprint density at radius 3 is 2.00 bits per heavy atom. The number of halogens is 1. The van der Waals surface area contributed by atoms with E-state index in [2.05, 4.69) is 20.8 Å². The first-order chi connectivity index (χ1) is 3.98. The molecule has 0 aliphatic rings. The van der Waals surface area contributed by atoms with Crippen LogP contribution in [0.5, 0.6) is 0 Å². The van der Waals surface area contributed by atoms with Crippen molar-refractivity contribution in [3.63, 3.8) is 0 Å². The molecule has 0 aromatic carbocycles. The second-order valence-corrected chi connectivity index (χ2v) is 5.84. The van der Waals surface area contributed by atoms with Crippen LogP contribution in [0.4, 0.5) is 0 Å². The van der Waals surface area contributed by atoms with Crippen molar-refractivity contribution in [1.82, 2.24) is 0 Å². The minimum Gasteiger partial charge on any atom is -0.343 e. The van der Waals surface area contributed by atoms with E-state index < -0.39 is 7.50 Å². The van der Waals surface area contributed by atoms with Crippen LogP contribution in [0.3, 0.4) is 0 Å². The van der Waals surface area contributed by atoms with Crippen LogP contribution in [0, 0.1) is 0 Å². The van der Waals surface area contributed by atoms with Gasteiger partial charge in [0.05, 0.1) is 0 Å². The molecule has 0 radical (unpaired) electrons.